The molecular weight excluding hydrogens is 299 g/mol. The van der Waals surface area contributed by atoms with Crippen LogP contribution in [-0.2, 0) is 4.79 Å². The highest BCUT2D eigenvalue weighted by molar-refractivity contribution is 5.95. The van der Waals surface area contributed by atoms with Gasteiger partial charge in [0.05, 0.1) is 5.56 Å². The minimum absolute atomic E-state index is 0.0243. The molecule has 0 aromatic heterocycles. The number of amides is 1. The van der Waals surface area contributed by atoms with E-state index in [2.05, 4.69) is 0 Å². The third kappa shape index (κ3) is 4.21. The van der Waals surface area contributed by atoms with Crippen molar-refractivity contribution in [3.63, 3.8) is 0 Å². The molecule has 1 fully saturated rings. The molecule has 1 aliphatic heterocycles. The van der Waals surface area contributed by atoms with E-state index < -0.39 is 11.8 Å². The zero-order chi connectivity index (χ0) is 17.0. The van der Waals surface area contributed by atoms with Crippen LogP contribution in [0.5, 0.6) is 0 Å². The Bertz CT molecular complexity index is 589. The third-order valence-corrected chi connectivity index (χ3v) is 4.28. The van der Waals surface area contributed by atoms with E-state index in [1.165, 1.54) is 12.1 Å². The average molecular weight is 322 g/mol. The maximum Gasteiger partial charge on any atom is 0.303 e. The van der Waals surface area contributed by atoms with Crippen LogP contribution in [0.4, 0.5) is 10.1 Å². The maximum absolute atomic E-state index is 14.3. The molecule has 126 valence electrons. The van der Waals surface area contributed by atoms with Gasteiger partial charge >= 0.3 is 5.97 Å². The van der Waals surface area contributed by atoms with Gasteiger partial charge in [0, 0.05) is 38.8 Å². The predicted molar refractivity (Wildman–Crippen MR) is 86.3 cm³/mol. The van der Waals surface area contributed by atoms with Crippen molar-refractivity contribution >= 4 is 17.6 Å². The Balaban J connectivity index is 2.18. The van der Waals surface area contributed by atoms with Crippen LogP contribution in [-0.4, -0.2) is 48.6 Å². The Hall–Kier alpha value is -2.11. The van der Waals surface area contributed by atoms with Gasteiger partial charge in [0.15, 0.2) is 0 Å². The number of hydrogen-bond donors (Lipinski definition) is 1. The predicted octanol–water partition coefficient (Wildman–Crippen LogP) is 2.75. The number of carboxylic acid groups (broad SMARTS) is 1. The number of nitrogens with zero attached hydrogens (tertiary/aromatic N) is 2. The van der Waals surface area contributed by atoms with Crippen LogP contribution in [0.1, 0.15) is 42.5 Å². The molecular formula is C17H23FN2O3. The van der Waals surface area contributed by atoms with Gasteiger partial charge in [-0.25, -0.2) is 4.39 Å². The van der Waals surface area contributed by atoms with E-state index in [0.29, 0.717) is 18.7 Å². The number of anilines is 1. The van der Waals surface area contributed by atoms with Gasteiger partial charge in [0.1, 0.15) is 5.82 Å². The number of carbonyl (C=O) groups excluding carboxylic acids is 1. The van der Waals surface area contributed by atoms with E-state index >= 15 is 0 Å². The highest BCUT2D eigenvalue weighted by atomic mass is 19.1. The second-order valence-electron chi connectivity index (χ2n) is 6.14. The van der Waals surface area contributed by atoms with E-state index in [-0.39, 0.29) is 23.9 Å². The molecule has 5 nitrogen and oxygen atoms in total. The Labute approximate surface area is 135 Å². The fourth-order valence-electron chi connectivity index (χ4n) is 2.97. The fourth-order valence-corrected chi connectivity index (χ4v) is 2.97. The molecule has 23 heavy (non-hydrogen) atoms. The van der Waals surface area contributed by atoms with Crippen molar-refractivity contribution in [1.29, 1.82) is 0 Å². The summed E-state index contributed by atoms with van der Waals surface area (Å²) < 4.78 is 14.3. The van der Waals surface area contributed by atoms with Gasteiger partial charge in [-0.2, -0.15) is 0 Å². The van der Waals surface area contributed by atoms with Crippen molar-refractivity contribution in [2.24, 2.45) is 0 Å². The highest BCUT2D eigenvalue weighted by Gasteiger charge is 2.29. The van der Waals surface area contributed by atoms with Crippen LogP contribution in [0, 0.1) is 5.82 Å². The number of hydrogen-bond acceptors (Lipinski definition) is 3. The zero-order valence-electron chi connectivity index (χ0n) is 13.6. The van der Waals surface area contributed by atoms with Gasteiger partial charge in [0.25, 0.3) is 5.91 Å². The minimum atomic E-state index is -0.871. The van der Waals surface area contributed by atoms with Gasteiger partial charge < -0.3 is 14.9 Å². The summed E-state index contributed by atoms with van der Waals surface area (Å²) in [5.41, 5.74) is 0.748. The van der Waals surface area contributed by atoms with Crippen molar-refractivity contribution in [3.05, 3.63) is 29.6 Å². The van der Waals surface area contributed by atoms with E-state index in [4.69, 9.17) is 5.11 Å². The Kier molecular flexibility index (Phi) is 5.58. The summed E-state index contributed by atoms with van der Waals surface area (Å²) in [6.45, 7) is 0.554. The van der Waals surface area contributed by atoms with Crippen LogP contribution in [0.3, 0.4) is 0 Å². The lowest BCUT2D eigenvalue weighted by atomic mass is 9.96. The molecule has 1 aliphatic rings. The van der Waals surface area contributed by atoms with Crippen molar-refractivity contribution in [3.8, 4) is 0 Å². The van der Waals surface area contributed by atoms with Gasteiger partial charge in [0.2, 0.25) is 0 Å². The standard InChI is InChI=1S/C17H23FN2O3/c1-19(2)13-6-8-14(15(18)11-13)17(23)20-10-4-3-5-12(20)7-9-16(21)22/h6,8,11-12H,3-5,7,9-10H2,1-2H3,(H,21,22). The smallest absolute Gasteiger partial charge is 0.303 e. The second kappa shape index (κ2) is 7.44. The number of carbonyl (C=O) groups is 2. The molecule has 0 bridgehead atoms. The molecule has 6 heteroatoms. The second-order valence-corrected chi connectivity index (χ2v) is 6.14. The molecule has 1 unspecified atom stereocenters. The lowest BCUT2D eigenvalue weighted by Gasteiger charge is -2.36. The summed E-state index contributed by atoms with van der Waals surface area (Å²) in [6, 6.07) is 4.45. The molecule has 1 saturated heterocycles. The Morgan fingerprint density at radius 1 is 1.35 bits per heavy atom. The first-order chi connectivity index (χ1) is 10.9. The lowest BCUT2D eigenvalue weighted by molar-refractivity contribution is -0.137. The van der Waals surface area contributed by atoms with Crippen LogP contribution in [0.25, 0.3) is 0 Å². The Morgan fingerprint density at radius 2 is 2.09 bits per heavy atom. The first-order valence-electron chi connectivity index (χ1n) is 7.89. The van der Waals surface area contributed by atoms with Gasteiger partial charge in [-0.3, -0.25) is 9.59 Å². The van der Waals surface area contributed by atoms with E-state index in [1.54, 1.807) is 15.9 Å². The van der Waals surface area contributed by atoms with Crippen molar-refractivity contribution in [2.75, 3.05) is 25.5 Å². The van der Waals surface area contributed by atoms with Gasteiger partial charge in [-0.05, 0) is 43.9 Å². The maximum atomic E-state index is 14.3. The molecule has 1 amide bonds. The SMILES string of the molecule is CN(C)c1ccc(C(=O)N2CCCCC2CCC(=O)O)c(F)c1. The number of likely N-dealkylation sites (tertiary alicyclic amines) is 1. The summed E-state index contributed by atoms with van der Waals surface area (Å²) >= 11 is 0. The summed E-state index contributed by atoms with van der Waals surface area (Å²) in [4.78, 5) is 26.9. The van der Waals surface area contributed by atoms with Crippen LogP contribution < -0.4 is 4.90 Å². The normalized spacial score (nSPS) is 17.9. The molecule has 1 N–H and O–H groups in total. The Morgan fingerprint density at radius 3 is 2.70 bits per heavy atom. The van der Waals surface area contributed by atoms with Crippen molar-refractivity contribution in [1.82, 2.24) is 4.90 Å². The van der Waals surface area contributed by atoms with Crippen LogP contribution in [0.2, 0.25) is 0 Å². The number of carboxylic acids is 1. The summed E-state index contributed by atoms with van der Waals surface area (Å²) in [5.74, 6) is -1.75. The molecule has 1 aromatic rings. The van der Waals surface area contributed by atoms with Gasteiger partial charge in [-0.15, -0.1) is 0 Å². The monoisotopic (exact) mass is 322 g/mol. The average Bonchev–Trinajstić information content (AvgIpc) is 2.52. The number of rotatable bonds is 5. The third-order valence-electron chi connectivity index (χ3n) is 4.28. The number of benzene rings is 1. The molecule has 0 aliphatic carbocycles. The van der Waals surface area contributed by atoms with E-state index in [1.807, 2.05) is 14.1 Å². The molecule has 1 aromatic carbocycles. The van der Waals surface area contributed by atoms with Crippen LogP contribution >= 0.6 is 0 Å². The fraction of sp³-hybridized carbons (Fsp3) is 0.529. The molecule has 2 rings (SSSR count). The minimum Gasteiger partial charge on any atom is -0.481 e. The summed E-state index contributed by atoms with van der Waals surface area (Å²) in [7, 11) is 3.62. The first-order valence-corrected chi connectivity index (χ1v) is 7.89. The number of aliphatic carboxylic acids is 1. The lowest BCUT2D eigenvalue weighted by Crippen LogP contribution is -2.44. The van der Waals surface area contributed by atoms with Crippen molar-refractivity contribution in [2.45, 2.75) is 38.1 Å². The van der Waals surface area contributed by atoms with E-state index in [9.17, 15) is 14.0 Å². The first kappa shape index (κ1) is 17.2. The number of piperidine rings is 1. The summed E-state index contributed by atoms with van der Waals surface area (Å²) in [5, 5.41) is 8.84. The number of halogens is 1. The highest BCUT2D eigenvalue weighted by Crippen LogP contribution is 2.25. The molecule has 1 heterocycles. The molecule has 0 spiro atoms. The molecule has 1 atom stereocenters. The van der Waals surface area contributed by atoms with Crippen LogP contribution in [0.15, 0.2) is 18.2 Å². The van der Waals surface area contributed by atoms with Crippen molar-refractivity contribution < 1.29 is 19.1 Å². The quantitative estimate of drug-likeness (QED) is 0.905. The molecule has 0 saturated carbocycles. The zero-order valence-corrected chi connectivity index (χ0v) is 13.6. The topological polar surface area (TPSA) is 60.9 Å². The van der Waals surface area contributed by atoms with Gasteiger partial charge in [-0.1, -0.05) is 0 Å². The molecule has 0 radical (unpaired) electrons. The largest absolute Gasteiger partial charge is 0.481 e. The summed E-state index contributed by atoms with van der Waals surface area (Å²) in [6.07, 6.45) is 3.05. The van der Waals surface area contributed by atoms with E-state index in [0.717, 1.165) is 19.3 Å².